The maximum absolute atomic E-state index is 11.0. The molecule has 14 heavy (non-hydrogen) atoms. The van der Waals surface area contributed by atoms with Gasteiger partial charge in [-0.05, 0) is 13.6 Å². The molecule has 6 nitrogen and oxygen atoms in total. The molecule has 0 rings (SSSR count). The van der Waals surface area contributed by atoms with Crippen LogP contribution in [0.25, 0.3) is 0 Å². The molecule has 0 amide bonds. The minimum absolute atomic E-state index is 0.129. The molecule has 0 aliphatic carbocycles. The van der Waals surface area contributed by atoms with Crippen LogP contribution in [0.5, 0.6) is 0 Å². The van der Waals surface area contributed by atoms with Crippen LogP contribution in [0.3, 0.4) is 0 Å². The molecule has 0 aromatic heterocycles. The van der Waals surface area contributed by atoms with Crippen LogP contribution in [0.4, 0.5) is 0 Å². The van der Waals surface area contributed by atoms with Crippen molar-refractivity contribution in [3.63, 3.8) is 0 Å². The summed E-state index contributed by atoms with van der Waals surface area (Å²) in [5.74, 6) is 0. The molecule has 1 unspecified atom stereocenters. The molecule has 2 N–H and O–H groups in total. The van der Waals surface area contributed by atoms with E-state index in [1.807, 2.05) is 18.9 Å². The van der Waals surface area contributed by atoms with Gasteiger partial charge in [0.2, 0.25) is 0 Å². The van der Waals surface area contributed by atoms with E-state index in [9.17, 15) is 4.57 Å². The van der Waals surface area contributed by atoms with Crippen LogP contribution in [0.2, 0.25) is 0 Å². The molecule has 0 spiro atoms. The van der Waals surface area contributed by atoms with Gasteiger partial charge < -0.3 is 14.9 Å². The van der Waals surface area contributed by atoms with Gasteiger partial charge in [-0.3, -0.25) is 9.05 Å². The number of hydrogen-bond acceptors (Lipinski definition) is 5. The van der Waals surface area contributed by atoms with Crippen LogP contribution >= 0.6 is 7.82 Å². The highest BCUT2D eigenvalue weighted by atomic mass is 31.2. The summed E-state index contributed by atoms with van der Waals surface area (Å²) < 4.78 is 20.1. The number of hydrogen-bond donors (Lipinski definition) is 2. The Morgan fingerprint density at radius 1 is 1.36 bits per heavy atom. The lowest BCUT2D eigenvalue weighted by molar-refractivity contribution is 0.116. The van der Waals surface area contributed by atoms with Crippen molar-refractivity contribution < 1.29 is 23.6 Å². The first-order chi connectivity index (χ1) is 6.52. The Hall–Kier alpha value is 0.0300. The number of rotatable bonds is 8. The first-order valence-electron chi connectivity index (χ1n) is 4.43. The van der Waals surface area contributed by atoms with E-state index in [-0.39, 0.29) is 19.8 Å². The van der Waals surface area contributed by atoms with Crippen LogP contribution in [0.15, 0.2) is 0 Å². The van der Waals surface area contributed by atoms with Crippen molar-refractivity contribution >= 4 is 7.82 Å². The first kappa shape index (κ1) is 14.0. The highest BCUT2D eigenvalue weighted by Gasteiger charge is 2.20. The van der Waals surface area contributed by atoms with E-state index in [0.717, 1.165) is 6.54 Å². The topological polar surface area (TPSA) is 79.2 Å². The second-order valence-corrected chi connectivity index (χ2v) is 4.21. The molecule has 0 bridgehead atoms. The smallest absolute Gasteiger partial charge is 0.394 e. The summed E-state index contributed by atoms with van der Waals surface area (Å²) in [6.45, 7) is 3.00. The van der Waals surface area contributed by atoms with Crippen LogP contribution in [0, 0.1) is 0 Å². The largest absolute Gasteiger partial charge is 0.472 e. The van der Waals surface area contributed by atoms with E-state index in [0.29, 0.717) is 6.54 Å². The molecule has 0 heterocycles. The normalized spacial score (nSPS) is 15.8. The zero-order valence-electron chi connectivity index (χ0n) is 8.55. The van der Waals surface area contributed by atoms with Crippen molar-refractivity contribution in [2.45, 2.75) is 6.92 Å². The third kappa shape index (κ3) is 7.44. The Morgan fingerprint density at radius 3 is 2.43 bits per heavy atom. The summed E-state index contributed by atoms with van der Waals surface area (Å²) in [6.07, 6.45) is 0. The molecule has 0 aliphatic rings. The fraction of sp³-hybridized carbons (Fsp3) is 1.00. The monoisotopic (exact) mass is 227 g/mol. The highest BCUT2D eigenvalue weighted by molar-refractivity contribution is 7.47. The Morgan fingerprint density at radius 2 is 1.93 bits per heavy atom. The van der Waals surface area contributed by atoms with E-state index < -0.39 is 7.82 Å². The molecule has 1 atom stereocenters. The third-order valence-corrected chi connectivity index (χ3v) is 2.63. The molecular formula is C7H18NO5P. The third-order valence-electron chi connectivity index (χ3n) is 1.61. The van der Waals surface area contributed by atoms with Crippen molar-refractivity contribution in [2.24, 2.45) is 0 Å². The summed E-state index contributed by atoms with van der Waals surface area (Å²) >= 11 is 0. The Kier molecular flexibility index (Phi) is 7.35. The standard InChI is InChI=1S/C7H18NO5P/c1-3-8(2)4-6-12-14(10,11)13-7-5-9/h9H,3-7H2,1-2H3,(H,10,11). The van der Waals surface area contributed by atoms with E-state index in [4.69, 9.17) is 10.00 Å². The zero-order valence-corrected chi connectivity index (χ0v) is 9.44. The lowest BCUT2D eigenvalue weighted by atomic mass is 10.6. The second-order valence-electron chi connectivity index (χ2n) is 2.75. The first-order valence-corrected chi connectivity index (χ1v) is 5.92. The fourth-order valence-electron chi connectivity index (χ4n) is 0.664. The molecule has 0 saturated carbocycles. The van der Waals surface area contributed by atoms with E-state index in [1.54, 1.807) is 0 Å². The molecule has 0 fully saturated rings. The molecular weight excluding hydrogens is 209 g/mol. The van der Waals surface area contributed by atoms with Crippen molar-refractivity contribution in [3.05, 3.63) is 0 Å². The Bertz CT molecular complexity index is 189. The number of aliphatic hydroxyl groups is 1. The van der Waals surface area contributed by atoms with Crippen molar-refractivity contribution in [2.75, 3.05) is 40.0 Å². The molecule has 0 aromatic carbocycles. The zero-order chi connectivity index (χ0) is 11.0. The van der Waals surface area contributed by atoms with Crippen molar-refractivity contribution in [1.29, 1.82) is 0 Å². The molecule has 7 heteroatoms. The van der Waals surface area contributed by atoms with Crippen LogP contribution in [-0.2, 0) is 13.6 Å². The van der Waals surface area contributed by atoms with Gasteiger partial charge in [-0.2, -0.15) is 0 Å². The van der Waals surface area contributed by atoms with Crippen LogP contribution < -0.4 is 0 Å². The quantitative estimate of drug-likeness (QED) is 0.571. The van der Waals surface area contributed by atoms with E-state index in [1.165, 1.54) is 0 Å². The predicted octanol–water partition coefficient (Wildman–Crippen LogP) is 0.0640. The minimum atomic E-state index is -3.96. The highest BCUT2D eigenvalue weighted by Crippen LogP contribution is 2.42. The average molecular weight is 227 g/mol. The molecule has 0 aliphatic heterocycles. The van der Waals surface area contributed by atoms with E-state index >= 15 is 0 Å². The maximum Gasteiger partial charge on any atom is 0.472 e. The number of phosphoric acid groups is 1. The summed E-state index contributed by atoms with van der Waals surface area (Å²) in [5.41, 5.74) is 0. The van der Waals surface area contributed by atoms with Gasteiger partial charge in [0.05, 0.1) is 19.8 Å². The SMILES string of the molecule is CCN(C)CCOP(=O)(O)OCCO. The Labute approximate surface area is 84.1 Å². The lowest BCUT2D eigenvalue weighted by Crippen LogP contribution is -2.22. The fourth-order valence-corrected chi connectivity index (χ4v) is 1.36. The number of phosphoric ester groups is 1. The van der Waals surface area contributed by atoms with Gasteiger partial charge in [0, 0.05) is 6.54 Å². The van der Waals surface area contributed by atoms with Crippen LogP contribution in [-0.4, -0.2) is 54.9 Å². The van der Waals surface area contributed by atoms with Gasteiger partial charge in [0.1, 0.15) is 0 Å². The van der Waals surface area contributed by atoms with Gasteiger partial charge in [-0.25, -0.2) is 4.57 Å². The van der Waals surface area contributed by atoms with Gasteiger partial charge in [0.15, 0.2) is 0 Å². The average Bonchev–Trinajstić information content (AvgIpc) is 2.14. The number of aliphatic hydroxyl groups excluding tert-OH is 1. The molecule has 86 valence electrons. The minimum Gasteiger partial charge on any atom is -0.394 e. The molecule has 0 radical (unpaired) electrons. The van der Waals surface area contributed by atoms with Gasteiger partial charge >= 0.3 is 7.82 Å². The van der Waals surface area contributed by atoms with Gasteiger partial charge in [-0.1, -0.05) is 6.92 Å². The number of likely N-dealkylation sites (N-methyl/N-ethyl adjacent to an activating group) is 1. The second kappa shape index (κ2) is 7.34. The molecule has 0 aromatic rings. The molecule has 0 saturated heterocycles. The lowest BCUT2D eigenvalue weighted by Gasteiger charge is -2.15. The summed E-state index contributed by atoms with van der Waals surface area (Å²) in [4.78, 5) is 10.9. The van der Waals surface area contributed by atoms with Crippen LogP contribution in [0.1, 0.15) is 6.92 Å². The number of nitrogens with zero attached hydrogens (tertiary/aromatic N) is 1. The summed E-state index contributed by atoms with van der Waals surface area (Å²) in [5, 5.41) is 8.36. The van der Waals surface area contributed by atoms with Gasteiger partial charge in [0.25, 0.3) is 0 Å². The Balaban J connectivity index is 3.60. The van der Waals surface area contributed by atoms with Crippen molar-refractivity contribution in [1.82, 2.24) is 4.90 Å². The van der Waals surface area contributed by atoms with E-state index in [2.05, 4.69) is 9.05 Å². The summed E-state index contributed by atoms with van der Waals surface area (Å²) in [7, 11) is -2.09. The predicted molar refractivity (Wildman–Crippen MR) is 52.0 cm³/mol. The summed E-state index contributed by atoms with van der Waals surface area (Å²) in [6, 6.07) is 0. The maximum atomic E-state index is 11.0. The van der Waals surface area contributed by atoms with Crippen molar-refractivity contribution in [3.8, 4) is 0 Å². The van der Waals surface area contributed by atoms with Gasteiger partial charge in [-0.15, -0.1) is 0 Å².